The molecule has 1 fully saturated rings. The number of aliphatic imine (C=N–C) groups is 1. The fraction of sp³-hybridized carbons (Fsp3) is 0.295. The number of methoxy groups -OCH3 is 2. The number of pyridine rings is 3. The Morgan fingerprint density at radius 1 is 0.984 bits per heavy atom. The van der Waals surface area contributed by atoms with Crippen molar-refractivity contribution in [3.63, 3.8) is 0 Å². The molecule has 2 aromatic carbocycles. The molecule has 316 valence electrons. The maximum Gasteiger partial charge on any atom is 0.368 e. The number of allylic oxidation sites excluding steroid dienone is 1. The van der Waals surface area contributed by atoms with Crippen molar-refractivity contribution in [2.45, 2.75) is 19.4 Å². The highest BCUT2D eigenvalue weighted by Gasteiger charge is 2.29. The molecule has 0 unspecified atom stereocenters. The van der Waals surface area contributed by atoms with E-state index in [1.165, 1.54) is 43.3 Å². The predicted molar refractivity (Wildman–Crippen MR) is 227 cm³/mol. The Kier molecular flexibility index (Phi) is 12.6. The molecular formula is C44H45F2N8O7+. The Morgan fingerprint density at radius 3 is 2.39 bits per heavy atom. The van der Waals surface area contributed by atoms with Gasteiger partial charge in [-0.2, -0.15) is 0 Å². The number of ketones is 1. The van der Waals surface area contributed by atoms with E-state index in [0.717, 1.165) is 24.8 Å². The Morgan fingerprint density at radius 2 is 1.70 bits per heavy atom. The normalized spacial score (nSPS) is 14.3. The average molecular weight is 836 g/mol. The van der Waals surface area contributed by atoms with Crippen LogP contribution < -0.4 is 25.2 Å². The van der Waals surface area contributed by atoms with Crippen LogP contribution in [0, 0.1) is 21.7 Å². The van der Waals surface area contributed by atoms with Gasteiger partial charge in [-0.25, -0.2) is 18.7 Å². The quantitative estimate of drug-likeness (QED) is 0.0530. The minimum atomic E-state index is -1.07. The third-order valence-electron chi connectivity index (χ3n) is 10.5. The molecule has 2 aliphatic rings. The van der Waals surface area contributed by atoms with Gasteiger partial charge in [0, 0.05) is 49.6 Å². The third-order valence-corrected chi connectivity index (χ3v) is 10.5. The minimum absolute atomic E-state index is 0.0291. The Bertz CT molecular complexity index is 2610. The van der Waals surface area contributed by atoms with Crippen molar-refractivity contribution < 1.29 is 37.2 Å². The van der Waals surface area contributed by atoms with Gasteiger partial charge in [-0.15, -0.1) is 0 Å². The van der Waals surface area contributed by atoms with Crippen molar-refractivity contribution in [2.75, 3.05) is 77.9 Å². The number of carbonyl (C=O) groups excluding carboxylic acids is 1. The summed E-state index contributed by atoms with van der Waals surface area (Å²) in [7, 11) is 6.31. The summed E-state index contributed by atoms with van der Waals surface area (Å²) in [6.07, 6.45) is 8.54. The smallest absolute Gasteiger partial charge is 0.368 e. The number of halogens is 2. The number of aromatic nitrogens is 3. The maximum atomic E-state index is 15.9. The molecule has 5 heterocycles. The Balaban J connectivity index is 1.18. The van der Waals surface area contributed by atoms with Crippen LogP contribution in [0.3, 0.4) is 0 Å². The van der Waals surface area contributed by atoms with Crippen molar-refractivity contribution in [3.8, 4) is 22.6 Å². The number of nitro groups is 1. The molecule has 2 aliphatic heterocycles. The van der Waals surface area contributed by atoms with E-state index in [2.05, 4.69) is 25.2 Å². The fourth-order valence-electron chi connectivity index (χ4n) is 7.47. The second-order valence-corrected chi connectivity index (χ2v) is 15.3. The van der Waals surface area contributed by atoms with Crippen LogP contribution in [-0.2, 0) is 22.5 Å². The lowest BCUT2D eigenvalue weighted by atomic mass is 10.0. The molecule has 0 spiro atoms. The first kappa shape index (κ1) is 42.3. The van der Waals surface area contributed by atoms with Gasteiger partial charge in [0.1, 0.15) is 24.4 Å². The van der Waals surface area contributed by atoms with E-state index < -0.39 is 27.7 Å². The van der Waals surface area contributed by atoms with Gasteiger partial charge >= 0.3 is 5.82 Å². The number of hydrogen-bond donors (Lipinski definition) is 1. The summed E-state index contributed by atoms with van der Waals surface area (Å²) in [4.78, 5) is 53.8. The number of morpholine rings is 1. The molecule has 7 rings (SSSR count). The number of benzene rings is 2. The number of likely N-dealkylation sites (N-methyl/N-ethyl adjacent to an activating group) is 1. The van der Waals surface area contributed by atoms with E-state index in [1.54, 1.807) is 42.6 Å². The molecule has 1 saturated heterocycles. The second-order valence-electron chi connectivity index (χ2n) is 15.3. The summed E-state index contributed by atoms with van der Waals surface area (Å²) in [5.41, 5.74) is 1.77. The minimum Gasteiger partial charge on any atom is -0.494 e. The summed E-state index contributed by atoms with van der Waals surface area (Å²) in [5, 5.41) is 15.0. The van der Waals surface area contributed by atoms with Crippen molar-refractivity contribution in [1.29, 1.82) is 0 Å². The summed E-state index contributed by atoms with van der Waals surface area (Å²) in [6, 6.07) is 15.1. The number of anilines is 3. The maximum absolute atomic E-state index is 15.9. The lowest BCUT2D eigenvalue weighted by molar-refractivity contribution is -0.880. The van der Waals surface area contributed by atoms with E-state index in [4.69, 9.17) is 14.2 Å². The molecular weight excluding hydrogens is 791 g/mol. The lowest BCUT2D eigenvalue weighted by Crippen LogP contribution is -2.41. The fourth-order valence-corrected chi connectivity index (χ4v) is 7.47. The second kappa shape index (κ2) is 18.2. The van der Waals surface area contributed by atoms with Crippen molar-refractivity contribution in [2.24, 2.45) is 4.99 Å². The van der Waals surface area contributed by atoms with Crippen molar-refractivity contribution in [1.82, 2.24) is 14.5 Å². The molecule has 5 aromatic rings. The number of carbonyl (C=O) groups is 1. The first-order valence-corrected chi connectivity index (χ1v) is 19.5. The zero-order valence-corrected chi connectivity index (χ0v) is 34.2. The zero-order chi connectivity index (χ0) is 43.3. The number of rotatable bonds is 16. The zero-order valence-electron chi connectivity index (χ0n) is 34.2. The van der Waals surface area contributed by atoms with Crippen LogP contribution in [0.15, 0.2) is 100 Å². The number of ether oxygens (including phenoxy) is 3. The SMILES string of the molecule is COc1cc(OC)c(F)c(-c2cc3cnc(Nc4ccc(N5CCOCC5)cn4)cc3n(Cc3cccc(CC(=O)/C=C/C[N+](C)(C)CC4=C([N+](=O)[O-])N=CC4)c3)c2=O)c1F. The van der Waals surface area contributed by atoms with Gasteiger partial charge < -0.3 is 43.6 Å². The average Bonchev–Trinajstić information content (AvgIpc) is 3.71. The van der Waals surface area contributed by atoms with Crippen LogP contribution >= 0.6 is 0 Å². The van der Waals surface area contributed by atoms with Gasteiger partial charge in [-0.3, -0.25) is 9.59 Å². The van der Waals surface area contributed by atoms with Gasteiger partial charge in [0.25, 0.3) is 5.56 Å². The summed E-state index contributed by atoms with van der Waals surface area (Å²) < 4.78 is 49.4. The lowest BCUT2D eigenvalue weighted by Gasteiger charge is -2.28. The first-order chi connectivity index (χ1) is 29.3. The first-order valence-electron chi connectivity index (χ1n) is 19.5. The van der Waals surface area contributed by atoms with E-state index in [-0.39, 0.29) is 41.6 Å². The van der Waals surface area contributed by atoms with Crippen LogP contribution in [0.2, 0.25) is 0 Å². The van der Waals surface area contributed by atoms with Gasteiger partial charge in [-0.1, -0.05) is 29.3 Å². The summed E-state index contributed by atoms with van der Waals surface area (Å²) in [6.45, 7) is 3.63. The van der Waals surface area contributed by atoms with Gasteiger partial charge in [-0.05, 0) is 46.4 Å². The largest absolute Gasteiger partial charge is 0.494 e. The van der Waals surface area contributed by atoms with Crippen LogP contribution in [0.1, 0.15) is 17.5 Å². The highest BCUT2D eigenvalue weighted by Crippen LogP contribution is 2.37. The molecule has 1 N–H and O–H groups in total. The standard InChI is InChI=1S/C44H44F2N8O7/c1-54(2,27-30-12-13-47-43(30)53(57)58)16-6-9-33(55)20-28-7-5-8-29(19-28)26-52-35-22-39(50-38-11-10-32(25-49-38)51-14-17-61-18-15-51)48-24-31(35)21-34(44(52)56)40-41(45)36(59-3)23-37(60-4)42(40)46/h5-11,13,19,21-25H,12,14-18,20,26-27H2,1-4H3/p+1/b9-6+. The van der Waals surface area contributed by atoms with Crippen LogP contribution in [0.25, 0.3) is 22.0 Å². The van der Waals surface area contributed by atoms with Crippen LogP contribution in [-0.4, -0.2) is 104 Å². The van der Waals surface area contributed by atoms with E-state index >= 15 is 8.78 Å². The molecule has 0 atom stereocenters. The Labute approximate surface area is 350 Å². The Hall–Kier alpha value is -6.85. The molecule has 0 aliphatic carbocycles. The summed E-state index contributed by atoms with van der Waals surface area (Å²) >= 11 is 0. The van der Waals surface area contributed by atoms with Gasteiger partial charge in [0.2, 0.25) is 0 Å². The van der Waals surface area contributed by atoms with E-state index in [9.17, 15) is 19.7 Å². The molecule has 3 aromatic heterocycles. The molecule has 15 nitrogen and oxygen atoms in total. The molecule has 61 heavy (non-hydrogen) atoms. The van der Waals surface area contributed by atoms with E-state index in [1.807, 2.05) is 26.2 Å². The number of hydrogen-bond acceptors (Lipinski definition) is 12. The number of quaternary nitrogens is 1. The number of nitrogens with one attached hydrogen (secondary N) is 1. The topological polar surface area (TPSA) is 163 Å². The number of nitrogens with zero attached hydrogens (tertiary/aromatic N) is 7. The molecule has 0 saturated carbocycles. The summed E-state index contributed by atoms with van der Waals surface area (Å²) in [5.74, 6) is -2.13. The van der Waals surface area contributed by atoms with Crippen molar-refractivity contribution in [3.05, 3.63) is 134 Å². The molecule has 17 heteroatoms. The van der Waals surface area contributed by atoms with Crippen molar-refractivity contribution >= 4 is 40.2 Å². The third kappa shape index (κ3) is 9.63. The molecule has 0 amide bonds. The highest BCUT2D eigenvalue weighted by atomic mass is 19.1. The van der Waals surface area contributed by atoms with Gasteiger partial charge in [0.15, 0.2) is 28.9 Å². The van der Waals surface area contributed by atoms with E-state index in [0.29, 0.717) is 76.4 Å². The number of fused-ring (bicyclic) bond motifs is 1. The molecule has 0 bridgehead atoms. The monoisotopic (exact) mass is 835 g/mol. The predicted octanol–water partition coefficient (Wildman–Crippen LogP) is 6.09. The van der Waals surface area contributed by atoms with Crippen LogP contribution in [0.5, 0.6) is 11.5 Å². The highest BCUT2D eigenvalue weighted by molar-refractivity contribution is 5.91. The van der Waals surface area contributed by atoms with Crippen LogP contribution in [0.4, 0.5) is 26.1 Å². The molecule has 0 radical (unpaired) electrons. The van der Waals surface area contributed by atoms with Gasteiger partial charge in [0.05, 0.1) is 88.7 Å².